The zero-order chi connectivity index (χ0) is 10.6. The van der Waals surface area contributed by atoms with E-state index in [0.29, 0.717) is 5.56 Å². The Kier molecular flexibility index (Phi) is 3.27. The lowest BCUT2D eigenvalue weighted by atomic mass is 10.2. The molecule has 2 N–H and O–H groups in total. The standard InChI is InChI=1S/C8H8NO5/c10-8(11)14-5-6-1-3-7(4-2-6)9(12)13/h1-4,12H,5H2,(H,10,11)/q-1. The van der Waals surface area contributed by atoms with Crippen LogP contribution < -0.4 is 5.23 Å². The van der Waals surface area contributed by atoms with Crippen molar-refractivity contribution < 1.29 is 19.8 Å². The molecule has 0 spiro atoms. The van der Waals surface area contributed by atoms with Crippen LogP contribution in [0.2, 0.25) is 0 Å². The molecule has 0 aromatic heterocycles. The quantitative estimate of drug-likeness (QED) is 0.565. The summed E-state index contributed by atoms with van der Waals surface area (Å²) in [5.41, 5.74) is 0.669. The Morgan fingerprint density at radius 2 is 2.00 bits per heavy atom. The third kappa shape index (κ3) is 2.92. The minimum atomic E-state index is -1.36. The summed E-state index contributed by atoms with van der Waals surface area (Å²) in [6.07, 6.45) is -1.36. The average Bonchev–Trinajstić information content (AvgIpc) is 2.15. The fourth-order valence-electron chi connectivity index (χ4n) is 0.865. The number of ether oxygens (including phenoxy) is 1. The van der Waals surface area contributed by atoms with Gasteiger partial charge in [-0.05, 0) is 17.7 Å². The van der Waals surface area contributed by atoms with Gasteiger partial charge in [-0.25, -0.2) is 4.79 Å². The second-order valence-electron chi connectivity index (χ2n) is 2.49. The van der Waals surface area contributed by atoms with Gasteiger partial charge in [0.15, 0.2) is 0 Å². The average molecular weight is 198 g/mol. The minimum absolute atomic E-state index is 0.0732. The molecule has 0 saturated heterocycles. The van der Waals surface area contributed by atoms with E-state index in [9.17, 15) is 10.0 Å². The molecule has 0 amide bonds. The Morgan fingerprint density at radius 1 is 1.43 bits per heavy atom. The van der Waals surface area contributed by atoms with Crippen LogP contribution in [-0.2, 0) is 11.3 Å². The molecule has 1 aromatic rings. The van der Waals surface area contributed by atoms with Gasteiger partial charge in [-0.2, -0.15) is 0 Å². The van der Waals surface area contributed by atoms with E-state index in [-0.39, 0.29) is 17.5 Å². The molecule has 0 atom stereocenters. The summed E-state index contributed by atoms with van der Waals surface area (Å²) in [7, 11) is 0. The van der Waals surface area contributed by atoms with Crippen LogP contribution in [0.4, 0.5) is 10.5 Å². The molecule has 76 valence electrons. The molecule has 6 heteroatoms. The maximum Gasteiger partial charge on any atom is 0.506 e. The highest BCUT2D eigenvalue weighted by atomic mass is 16.8. The van der Waals surface area contributed by atoms with Gasteiger partial charge < -0.3 is 20.3 Å². The molecule has 1 rings (SSSR count). The van der Waals surface area contributed by atoms with E-state index in [4.69, 9.17) is 10.3 Å². The van der Waals surface area contributed by atoms with Crippen molar-refractivity contribution in [1.82, 2.24) is 0 Å². The van der Waals surface area contributed by atoms with Crippen LogP contribution in [-0.4, -0.2) is 16.5 Å². The lowest BCUT2D eigenvalue weighted by molar-refractivity contribution is 0.0854. The van der Waals surface area contributed by atoms with Crippen molar-refractivity contribution in [2.75, 3.05) is 5.23 Å². The number of carboxylic acid groups (broad SMARTS) is 1. The van der Waals surface area contributed by atoms with Crippen molar-refractivity contribution in [3.63, 3.8) is 0 Å². The van der Waals surface area contributed by atoms with Crippen molar-refractivity contribution in [3.8, 4) is 0 Å². The molecule has 6 nitrogen and oxygen atoms in total. The Morgan fingerprint density at radius 3 is 2.43 bits per heavy atom. The topological polar surface area (TPSA) is 93.1 Å². The zero-order valence-corrected chi connectivity index (χ0v) is 7.08. The number of hydrogen-bond donors (Lipinski definition) is 2. The van der Waals surface area contributed by atoms with Gasteiger partial charge in [0.1, 0.15) is 6.61 Å². The van der Waals surface area contributed by atoms with E-state index in [1.165, 1.54) is 24.3 Å². The second kappa shape index (κ2) is 4.45. The first-order chi connectivity index (χ1) is 6.59. The molecule has 0 heterocycles. The molecule has 0 bridgehead atoms. The first-order valence-electron chi connectivity index (χ1n) is 3.70. The molecule has 0 aliphatic rings. The molecule has 0 fully saturated rings. The lowest BCUT2D eigenvalue weighted by Gasteiger charge is -2.21. The molecular weight excluding hydrogens is 190 g/mol. The number of anilines is 1. The van der Waals surface area contributed by atoms with E-state index in [2.05, 4.69) is 4.74 Å². The molecule has 14 heavy (non-hydrogen) atoms. The van der Waals surface area contributed by atoms with Crippen LogP contribution in [0.5, 0.6) is 0 Å². The monoisotopic (exact) mass is 198 g/mol. The van der Waals surface area contributed by atoms with E-state index < -0.39 is 6.16 Å². The summed E-state index contributed by atoms with van der Waals surface area (Å²) in [5.74, 6) is 0. The zero-order valence-electron chi connectivity index (χ0n) is 7.08. The van der Waals surface area contributed by atoms with Gasteiger partial charge in [-0.3, -0.25) is 5.21 Å². The van der Waals surface area contributed by atoms with Gasteiger partial charge >= 0.3 is 6.16 Å². The van der Waals surface area contributed by atoms with Gasteiger partial charge in [0.05, 0.1) is 5.69 Å². The van der Waals surface area contributed by atoms with Gasteiger partial charge in [-0.15, -0.1) is 0 Å². The Balaban J connectivity index is 2.59. The summed E-state index contributed by atoms with van der Waals surface area (Å²) in [6.45, 7) is -0.0834. The van der Waals surface area contributed by atoms with E-state index >= 15 is 0 Å². The molecule has 0 radical (unpaired) electrons. The third-order valence-corrected chi connectivity index (χ3v) is 1.52. The predicted molar refractivity (Wildman–Crippen MR) is 46.9 cm³/mol. The van der Waals surface area contributed by atoms with Crippen molar-refractivity contribution in [1.29, 1.82) is 0 Å². The number of rotatable bonds is 3. The van der Waals surface area contributed by atoms with Crippen molar-refractivity contribution in [2.24, 2.45) is 0 Å². The van der Waals surface area contributed by atoms with Crippen LogP contribution in [0.1, 0.15) is 5.56 Å². The van der Waals surface area contributed by atoms with Gasteiger partial charge in [0, 0.05) is 0 Å². The minimum Gasteiger partial charge on any atom is -0.733 e. The van der Waals surface area contributed by atoms with Crippen LogP contribution in [0.25, 0.3) is 0 Å². The first kappa shape index (κ1) is 10.3. The molecule has 0 unspecified atom stereocenters. The Hall–Kier alpha value is -1.79. The SMILES string of the molecule is O=C(O)OCc1ccc(N([O-])O)cc1. The van der Waals surface area contributed by atoms with Gasteiger partial charge in [0.2, 0.25) is 0 Å². The van der Waals surface area contributed by atoms with Gasteiger partial charge in [0.25, 0.3) is 0 Å². The highest BCUT2D eigenvalue weighted by Crippen LogP contribution is 2.12. The van der Waals surface area contributed by atoms with E-state index in [1.807, 2.05) is 0 Å². The second-order valence-corrected chi connectivity index (χ2v) is 2.49. The number of hydrogen-bond acceptors (Lipinski definition) is 5. The number of carbonyl (C=O) groups is 1. The third-order valence-electron chi connectivity index (χ3n) is 1.52. The summed E-state index contributed by atoms with van der Waals surface area (Å²) in [4.78, 5) is 10.0. The van der Waals surface area contributed by atoms with Crippen LogP contribution >= 0.6 is 0 Å². The van der Waals surface area contributed by atoms with Crippen LogP contribution in [0, 0.1) is 5.21 Å². The van der Waals surface area contributed by atoms with E-state index in [1.54, 1.807) is 0 Å². The lowest BCUT2D eigenvalue weighted by Crippen LogP contribution is -2.07. The molecule has 1 aromatic carbocycles. The van der Waals surface area contributed by atoms with Crippen LogP contribution in [0.3, 0.4) is 0 Å². The fraction of sp³-hybridized carbons (Fsp3) is 0.125. The van der Waals surface area contributed by atoms with E-state index in [0.717, 1.165) is 0 Å². The molecule has 0 saturated carbocycles. The highest BCUT2D eigenvalue weighted by Gasteiger charge is 1.98. The van der Waals surface area contributed by atoms with Crippen molar-refractivity contribution in [3.05, 3.63) is 35.0 Å². The number of nitrogens with zero attached hydrogens (tertiary/aromatic N) is 1. The summed E-state index contributed by atoms with van der Waals surface area (Å²) in [5, 5.41) is 26.8. The van der Waals surface area contributed by atoms with Crippen molar-refractivity contribution in [2.45, 2.75) is 6.61 Å². The van der Waals surface area contributed by atoms with Gasteiger partial charge in [-0.1, -0.05) is 12.1 Å². The summed E-state index contributed by atoms with van der Waals surface area (Å²) < 4.78 is 4.29. The highest BCUT2D eigenvalue weighted by molar-refractivity contribution is 5.57. The largest absolute Gasteiger partial charge is 0.733 e. The number of benzene rings is 1. The maximum absolute atomic E-state index is 10.4. The fourth-order valence-corrected chi connectivity index (χ4v) is 0.865. The predicted octanol–water partition coefficient (Wildman–Crippen LogP) is 1.57. The van der Waals surface area contributed by atoms with Crippen LogP contribution in [0.15, 0.2) is 24.3 Å². The molecule has 0 aliphatic carbocycles. The molecular formula is C8H8NO5-. The summed E-state index contributed by atoms with van der Waals surface area (Å²) in [6, 6.07) is 5.68. The normalized spacial score (nSPS) is 9.57. The molecule has 0 aliphatic heterocycles. The maximum atomic E-state index is 10.4. The van der Waals surface area contributed by atoms with Crippen molar-refractivity contribution >= 4 is 11.8 Å². The summed E-state index contributed by atoms with van der Waals surface area (Å²) >= 11 is 0. The Labute approximate surface area is 79.5 Å². The smallest absolute Gasteiger partial charge is 0.506 e. The Bertz CT molecular complexity index is 308. The first-order valence-corrected chi connectivity index (χ1v) is 3.70.